The molecule has 29 heavy (non-hydrogen) atoms. The van der Waals surface area contributed by atoms with E-state index in [1.807, 2.05) is 6.92 Å². The maximum Gasteiger partial charge on any atom is 0.288 e. The molecule has 0 unspecified atom stereocenters. The van der Waals surface area contributed by atoms with E-state index in [-0.39, 0.29) is 10.7 Å². The van der Waals surface area contributed by atoms with E-state index in [0.717, 1.165) is 5.56 Å². The highest BCUT2D eigenvalue weighted by Crippen LogP contribution is 2.33. The van der Waals surface area contributed by atoms with Crippen molar-refractivity contribution in [2.45, 2.75) is 19.9 Å². The van der Waals surface area contributed by atoms with Gasteiger partial charge in [0.05, 0.1) is 16.5 Å². The average Bonchev–Trinajstić information content (AvgIpc) is 2.64. The first-order valence-corrected chi connectivity index (χ1v) is 9.63. The molecule has 0 fully saturated rings. The average molecular weight is 451 g/mol. The molecule has 1 aliphatic heterocycles. The fraction of sp³-hybridized carbons (Fsp3) is 0.158. The summed E-state index contributed by atoms with van der Waals surface area (Å²) in [5.74, 6) is -0.391. The van der Waals surface area contributed by atoms with Gasteiger partial charge in [-0.2, -0.15) is 0 Å². The number of nitrogens with one attached hydrogen (secondary N) is 3. The van der Waals surface area contributed by atoms with Crippen LogP contribution in [0.4, 0.5) is 11.4 Å². The monoisotopic (exact) mass is 450 g/mol. The van der Waals surface area contributed by atoms with Gasteiger partial charge in [-0.1, -0.05) is 35.3 Å². The zero-order valence-electron chi connectivity index (χ0n) is 15.4. The molecule has 1 heterocycles. The molecule has 0 spiro atoms. The van der Waals surface area contributed by atoms with Gasteiger partial charge in [0.1, 0.15) is 5.02 Å². The summed E-state index contributed by atoms with van der Waals surface area (Å²) in [4.78, 5) is 23.8. The summed E-state index contributed by atoms with van der Waals surface area (Å²) in [7, 11) is 0. The van der Waals surface area contributed by atoms with Crippen molar-refractivity contribution in [3.05, 3.63) is 79.0 Å². The normalized spacial score (nSPS) is 16.1. The summed E-state index contributed by atoms with van der Waals surface area (Å²) in [5.41, 5.74) is 2.52. The van der Waals surface area contributed by atoms with Gasteiger partial charge in [-0.25, -0.2) is 0 Å². The van der Waals surface area contributed by atoms with Crippen molar-refractivity contribution < 1.29 is 9.72 Å². The van der Waals surface area contributed by atoms with Crippen LogP contribution in [0.2, 0.25) is 10.0 Å². The first kappa shape index (κ1) is 21.0. The minimum atomic E-state index is -0.695. The van der Waals surface area contributed by atoms with E-state index in [2.05, 4.69) is 16.0 Å². The van der Waals surface area contributed by atoms with E-state index in [0.29, 0.717) is 32.7 Å². The Labute approximate surface area is 182 Å². The Kier molecular flexibility index (Phi) is 6.07. The molecule has 0 saturated heterocycles. The van der Waals surface area contributed by atoms with Gasteiger partial charge in [0.25, 0.3) is 11.6 Å². The highest BCUT2D eigenvalue weighted by molar-refractivity contribution is 7.80. The molecule has 2 aromatic carbocycles. The number of allylic oxidation sites excluding steroid dienone is 1. The minimum Gasteiger partial charge on any atom is -0.351 e. The van der Waals surface area contributed by atoms with Gasteiger partial charge in [-0.15, -0.1) is 0 Å². The first-order chi connectivity index (χ1) is 13.7. The van der Waals surface area contributed by atoms with Crippen LogP contribution in [0.25, 0.3) is 0 Å². The number of nitro groups is 1. The van der Waals surface area contributed by atoms with Crippen LogP contribution in [-0.2, 0) is 4.79 Å². The Morgan fingerprint density at radius 2 is 1.93 bits per heavy atom. The zero-order valence-corrected chi connectivity index (χ0v) is 17.7. The van der Waals surface area contributed by atoms with Crippen LogP contribution in [0, 0.1) is 17.0 Å². The molecule has 0 saturated carbocycles. The second kappa shape index (κ2) is 8.36. The van der Waals surface area contributed by atoms with Crippen LogP contribution >= 0.6 is 35.4 Å². The van der Waals surface area contributed by atoms with Crippen LogP contribution in [0.1, 0.15) is 24.1 Å². The van der Waals surface area contributed by atoms with Gasteiger partial charge in [0.2, 0.25) is 0 Å². The molecule has 3 rings (SSSR count). The van der Waals surface area contributed by atoms with Crippen LogP contribution < -0.4 is 16.0 Å². The minimum absolute atomic E-state index is 0.0107. The van der Waals surface area contributed by atoms with E-state index in [1.165, 1.54) is 12.1 Å². The Morgan fingerprint density at radius 1 is 1.21 bits per heavy atom. The van der Waals surface area contributed by atoms with Crippen molar-refractivity contribution in [2.24, 2.45) is 0 Å². The standard InChI is InChI=1S/C19H16Cl2N4O3S/c1-9-3-5-12(20)8-14(9)23-18(26)16-10(2)22-19(29)24-17(16)11-4-6-13(21)15(7-11)25(27)28/h3-8,17H,1-2H3,(H,23,26)(H2,22,24,29)/t17-/m1/s1. The summed E-state index contributed by atoms with van der Waals surface area (Å²) in [6.07, 6.45) is 0. The van der Waals surface area contributed by atoms with Crippen LogP contribution in [0.5, 0.6) is 0 Å². The third-order valence-electron chi connectivity index (χ3n) is 4.46. The lowest BCUT2D eigenvalue weighted by Gasteiger charge is -2.30. The van der Waals surface area contributed by atoms with Crippen LogP contribution in [0.15, 0.2) is 47.7 Å². The van der Waals surface area contributed by atoms with Crippen LogP contribution in [-0.4, -0.2) is 15.9 Å². The van der Waals surface area contributed by atoms with Crippen molar-refractivity contribution >= 4 is 57.8 Å². The molecule has 0 bridgehead atoms. The maximum absolute atomic E-state index is 13.1. The number of anilines is 1. The maximum atomic E-state index is 13.1. The molecule has 150 valence electrons. The van der Waals surface area contributed by atoms with Crippen molar-refractivity contribution in [1.82, 2.24) is 10.6 Å². The van der Waals surface area contributed by atoms with Crippen molar-refractivity contribution in [3.63, 3.8) is 0 Å². The van der Waals surface area contributed by atoms with E-state index in [9.17, 15) is 14.9 Å². The number of nitrogens with zero attached hydrogens (tertiary/aromatic N) is 1. The summed E-state index contributed by atoms with van der Waals surface area (Å²) in [6.45, 7) is 3.56. The van der Waals surface area contributed by atoms with Gasteiger partial charge in [0, 0.05) is 22.5 Å². The van der Waals surface area contributed by atoms with Gasteiger partial charge < -0.3 is 16.0 Å². The topological polar surface area (TPSA) is 96.3 Å². The van der Waals surface area contributed by atoms with E-state index in [4.69, 9.17) is 35.4 Å². The molecule has 1 aliphatic rings. The molecule has 2 aromatic rings. The fourth-order valence-electron chi connectivity index (χ4n) is 3.01. The second-order valence-corrected chi connectivity index (χ2v) is 7.70. The Bertz CT molecular complexity index is 1070. The number of rotatable bonds is 4. The summed E-state index contributed by atoms with van der Waals surface area (Å²) >= 11 is 17.2. The number of hydrogen-bond donors (Lipinski definition) is 3. The fourth-order valence-corrected chi connectivity index (χ4v) is 3.64. The highest BCUT2D eigenvalue weighted by Gasteiger charge is 2.31. The number of amides is 1. The lowest BCUT2D eigenvalue weighted by molar-refractivity contribution is -0.384. The molecule has 0 radical (unpaired) electrons. The zero-order chi connectivity index (χ0) is 21.3. The summed E-state index contributed by atoms with van der Waals surface area (Å²) < 4.78 is 0. The lowest BCUT2D eigenvalue weighted by Crippen LogP contribution is -2.45. The molecule has 1 amide bonds. The van der Waals surface area contributed by atoms with E-state index >= 15 is 0 Å². The molecule has 7 nitrogen and oxygen atoms in total. The smallest absolute Gasteiger partial charge is 0.288 e. The predicted molar refractivity (Wildman–Crippen MR) is 117 cm³/mol. The lowest BCUT2D eigenvalue weighted by atomic mass is 9.94. The quantitative estimate of drug-likeness (QED) is 0.356. The predicted octanol–water partition coefficient (Wildman–Crippen LogP) is 4.64. The van der Waals surface area contributed by atoms with Crippen molar-refractivity contribution in [2.75, 3.05) is 5.32 Å². The summed E-state index contributed by atoms with van der Waals surface area (Å²) in [5, 5.41) is 20.9. The van der Waals surface area contributed by atoms with Gasteiger partial charge in [0.15, 0.2) is 5.11 Å². The Balaban J connectivity index is 2.02. The second-order valence-electron chi connectivity index (χ2n) is 6.45. The van der Waals surface area contributed by atoms with E-state index < -0.39 is 16.9 Å². The molecule has 0 aromatic heterocycles. The number of halogens is 2. The van der Waals surface area contributed by atoms with Gasteiger partial charge in [-0.05, 0) is 55.4 Å². The van der Waals surface area contributed by atoms with Crippen molar-refractivity contribution in [1.29, 1.82) is 0 Å². The molecule has 10 heteroatoms. The molecule has 1 atom stereocenters. The summed E-state index contributed by atoms with van der Waals surface area (Å²) in [6, 6.07) is 8.86. The SMILES string of the molecule is CC1=C(C(=O)Nc2cc(Cl)ccc2C)[C@@H](c2ccc(Cl)c([N+](=O)[O-])c2)NC(=S)N1. The Morgan fingerprint density at radius 3 is 2.62 bits per heavy atom. The third-order valence-corrected chi connectivity index (χ3v) is 5.24. The van der Waals surface area contributed by atoms with Crippen molar-refractivity contribution in [3.8, 4) is 0 Å². The number of carbonyl (C=O) groups excluding carboxylic acids is 1. The van der Waals surface area contributed by atoms with Gasteiger partial charge >= 0.3 is 0 Å². The first-order valence-electron chi connectivity index (χ1n) is 8.47. The Hall–Kier alpha value is -2.68. The largest absolute Gasteiger partial charge is 0.351 e. The van der Waals surface area contributed by atoms with Crippen LogP contribution in [0.3, 0.4) is 0 Å². The molecule has 3 N–H and O–H groups in total. The molecular formula is C19H16Cl2N4O3S. The third kappa shape index (κ3) is 4.50. The number of nitro benzene ring substituents is 1. The highest BCUT2D eigenvalue weighted by atomic mass is 35.5. The molecular weight excluding hydrogens is 435 g/mol. The van der Waals surface area contributed by atoms with Gasteiger partial charge in [-0.3, -0.25) is 14.9 Å². The number of carbonyl (C=O) groups is 1. The number of thiocarbonyl (C=S) groups is 1. The molecule has 0 aliphatic carbocycles. The number of benzene rings is 2. The number of hydrogen-bond acceptors (Lipinski definition) is 4. The van der Waals surface area contributed by atoms with E-state index in [1.54, 1.807) is 31.2 Å². The number of aryl methyl sites for hydroxylation is 1.